The highest BCUT2D eigenvalue weighted by Crippen LogP contribution is 2.31. The van der Waals surface area contributed by atoms with Crippen molar-refractivity contribution < 1.29 is 0 Å². The predicted molar refractivity (Wildman–Crippen MR) is 49.9 cm³/mol. The molecule has 1 aliphatic carbocycles. The molecule has 1 fully saturated rings. The maximum atomic E-state index is 3.35. The lowest BCUT2D eigenvalue weighted by Crippen LogP contribution is -2.12. The topological polar surface area (TPSA) is 12.0 Å². The molecule has 0 saturated heterocycles. The van der Waals surface area contributed by atoms with Gasteiger partial charge in [0.25, 0.3) is 0 Å². The summed E-state index contributed by atoms with van der Waals surface area (Å²) in [7, 11) is 0. The molecule has 1 N–H and O–H groups in total. The van der Waals surface area contributed by atoms with E-state index in [1.54, 1.807) is 11.9 Å². The maximum Gasteiger partial charge on any atom is 0.0245 e. The van der Waals surface area contributed by atoms with E-state index in [4.69, 9.17) is 0 Å². The molecule has 0 unspecified atom stereocenters. The molecular formula is C9H13NS. The van der Waals surface area contributed by atoms with Gasteiger partial charge in [0.05, 0.1) is 0 Å². The number of hydrogen-bond acceptors (Lipinski definition) is 2. The lowest BCUT2D eigenvalue weighted by Gasteiger charge is -2.16. The van der Waals surface area contributed by atoms with Crippen molar-refractivity contribution in [2.24, 2.45) is 5.92 Å². The third-order valence-electron chi connectivity index (χ3n) is 2.39. The molecule has 0 aromatic rings. The summed E-state index contributed by atoms with van der Waals surface area (Å²) >= 11 is 1.69. The van der Waals surface area contributed by atoms with Gasteiger partial charge in [0.1, 0.15) is 0 Å². The van der Waals surface area contributed by atoms with Crippen molar-refractivity contribution in [3.05, 3.63) is 23.3 Å². The SMILES string of the molecule is C1=CSNC(C2CCCC2)=C1. The van der Waals surface area contributed by atoms with Crippen LogP contribution >= 0.6 is 11.9 Å². The first-order valence-electron chi connectivity index (χ1n) is 4.25. The fourth-order valence-electron chi connectivity index (χ4n) is 1.77. The van der Waals surface area contributed by atoms with Crippen LogP contribution in [0.15, 0.2) is 23.3 Å². The minimum atomic E-state index is 0.826. The monoisotopic (exact) mass is 167 g/mol. The Labute approximate surface area is 72.1 Å². The zero-order valence-corrected chi connectivity index (χ0v) is 7.36. The Morgan fingerprint density at radius 2 is 2.18 bits per heavy atom. The van der Waals surface area contributed by atoms with E-state index in [1.807, 2.05) is 0 Å². The minimum Gasteiger partial charge on any atom is -0.330 e. The number of nitrogens with one attached hydrogen (secondary N) is 1. The Kier molecular flexibility index (Phi) is 2.22. The third kappa shape index (κ3) is 1.62. The molecule has 0 radical (unpaired) electrons. The lowest BCUT2D eigenvalue weighted by molar-refractivity contribution is 0.623. The van der Waals surface area contributed by atoms with E-state index in [9.17, 15) is 0 Å². The molecule has 0 amide bonds. The van der Waals surface area contributed by atoms with Crippen molar-refractivity contribution >= 4 is 11.9 Å². The molecule has 0 spiro atoms. The van der Waals surface area contributed by atoms with Crippen LogP contribution < -0.4 is 4.72 Å². The van der Waals surface area contributed by atoms with Gasteiger partial charge in [-0.1, -0.05) is 18.9 Å². The summed E-state index contributed by atoms with van der Waals surface area (Å²) < 4.78 is 3.35. The molecule has 2 rings (SSSR count). The zero-order valence-electron chi connectivity index (χ0n) is 6.55. The summed E-state index contributed by atoms with van der Waals surface area (Å²) in [6.07, 6.45) is 9.94. The second-order valence-corrected chi connectivity index (χ2v) is 3.86. The molecule has 11 heavy (non-hydrogen) atoms. The summed E-state index contributed by atoms with van der Waals surface area (Å²) in [6.45, 7) is 0. The molecule has 0 bridgehead atoms. The van der Waals surface area contributed by atoms with Crippen LogP contribution in [-0.2, 0) is 0 Å². The molecular weight excluding hydrogens is 154 g/mol. The van der Waals surface area contributed by atoms with E-state index >= 15 is 0 Å². The normalized spacial score (nSPS) is 24.9. The van der Waals surface area contributed by atoms with E-state index in [0.717, 1.165) is 5.92 Å². The fraction of sp³-hybridized carbons (Fsp3) is 0.556. The minimum absolute atomic E-state index is 0.826. The molecule has 1 heterocycles. The van der Waals surface area contributed by atoms with Gasteiger partial charge in [-0.15, -0.1) is 0 Å². The molecule has 0 atom stereocenters. The van der Waals surface area contributed by atoms with Crippen LogP contribution in [0.25, 0.3) is 0 Å². The second-order valence-electron chi connectivity index (χ2n) is 3.15. The molecule has 1 nitrogen and oxygen atoms in total. The number of allylic oxidation sites excluding steroid dienone is 3. The van der Waals surface area contributed by atoms with Crippen molar-refractivity contribution in [2.75, 3.05) is 0 Å². The highest BCUT2D eigenvalue weighted by molar-refractivity contribution is 8.00. The van der Waals surface area contributed by atoms with Crippen molar-refractivity contribution in [1.82, 2.24) is 4.72 Å². The summed E-state index contributed by atoms with van der Waals surface area (Å²) in [6, 6.07) is 0. The van der Waals surface area contributed by atoms with Gasteiger partial charge in [-0.3, -0.25) is 0 Å². The molecule has 1 aliphatic heterocycles. The molecule has 1 saturated carbocycles. The van der Waals surface area contributed by atoms with Gasteiger partial charge in [-0.25, -0.2) is 0 Å². The first-order valence-corrected chi connectivity index (χ1v) is 5.13. The average molecular weight is 167 g/mol. The Hall–Kier alpha value is -0.370. The molecule has 2 heteroatoms. The third-order valence-corrected chi connectivity index (χ3v) is 3.04. The second kappa shape index (κ2) is 3.35. The standard InChI is InChI=1S/C9H13NS/c1-2-5-8(4-1)9-6-3-7-11-10-9/h3,6-8,10H,1-2,4-5H2. The number of rotatable bonds is 1. The summed E-state index contributed by atoms with van der Waals surface area (Å²) in [5, 5.41) is 2.08. The fourth-order valence-corrected chi connectivity index (χ4v) is 2.37. The largest absolute Gasteiger partial charge is 0.330 e. The average Bonchev–Trinajstić information content (AvgIpc) is 2.58. The Balaban J connectivity index is 2.02. The van der Waals surface area contributed by atoms with Gasteiger partial charge in [0, 0.05) is 5.70 Å². The van der Waals surface area contributed by atoms with Gasteiger partial charge in [-0.2, -0.15) is 0 Å². The Bertz CT molecular complexity index is 190. The maximum absolute atomic E-state index is 3.35. The van der Waals surface area contributed by atoms with Crippen LogP contribution in [0.1, 0.15) is 25.7 Å². The molecule has 60 valence electrons. The smallest absolute Gasteiger partial charge is 0.0245 e. The van der Waals surface area contributed by atoms with Crippen LogP contribution in [0.4, 0.5) is 0 Å². The van der Waals surface area contributed by atoms with Gasteiger partial charge >= 0.3 is 0 Å². The summed E-state index contributed by atoms with van der Waals surface area (Å²) in [4.78, 5) is 0. The van der Waals surface area contributed by atoms with Crippen molar-refractivity contribution in [1.29, 1.82) is 0 Å². The van der Waals surface area contributed by atoms with Gasteiger partial charge in [0.15, 0.2) is 0 Å². The highest BCUT2D eigenvalue weighted by atomic mass is 32.2. The first-order chi connectivity index (χ1) is 5.47. The van der Waals surface area contributed by atoms with Crippen LogP contribution in [0.5, 0.6) is 0 Å². The summed E-state index contributed by atoms with van der Waals surface area (Å²) in [5.41, 5.74) is 1.44. The van der Waals surface area contributed by atoms with E-state index in [2.05, 4.69) is 22.3 Å². The first kappa shape index (κ1) is 7.29. The molecule has 2 aliphatic rings. The van der Waals surface area contributed by atoms with Gasteiger partial charge in [-0.05, 0) is 42.2 Å². The predicted octanol–water partition coefficient (Wildman–Crippen LogP) is 2.83. The van der Waals surface area contributed by atoms with Crippen molar-refractivity contribution in [2.45, 2.75) is 25.7 Å². The lowest BCUT2D eigenvalue weighted by atomic mass is 10.0. The van der Waals surface area contributed by atoms with Gasteiger partial charge in [0.2, 0.25) is 0 Å². The van der Waals surface area contributed by atoms with Crippen LogP contribution in [0, 0.1) is 5.92 Å². The van der Waals surface area contributed by atoms with E-state index in [-0.39, 0.29) is 0 Å². The quantitative estimate of drug-likeness (QED) is 0.603. The Morgan fingerprint density at radius 1 is 1.36 bits per heavy atom. The van der Waals surface area contributed by atoms with Gasteiger partial charge < -0.3 is 4.72 Å². The van der Waals surface area contributed by atoms with E-state index in [0.29, 0.717) is 0 Å². The van der Waals surface area contributed by atoms with Crippen molar-refractivity contribution in [3.8, 4) is 0 Å². The van der Waals surface area contributed by atoms with Crippen molar-refractivity contribution in [3.63, 3.8) is 0 Å². The van der Waals surface area contributed by atoms with E-state index in [1.165, 1.54) is 31.4 Å². The Morgan fingerprint density at radius 3 is 2.82 bits per heavy atom. The zero-order chi connectivity index (χ0) is 7.52. The van der Waals surface area contributed by atoms with E-state index < -0.39 is 0 Å². The molecule has 0 aromatic heterocycles. The molecule has 0 aromatic carbocycles. The van der Waals surface area contributed by atoms with Crippen LogP contribution in [0.3, 0.4) is 0 Å². The van der Waals surface area contributed by atoms with Crippen LogP contribution in [0.2, 0.25) is 0 Å². The van der Waals surface area contributed by atoms with Crippen LogP contribution in [-0.4, -0.2) is 0 Å². The summed E-state index contributed by atoms with van der Waals surface area (Å²) in [5.74, 6) is 0.826. The number of hydrogen-bond donors (Lipinski definition) is 1. The highest BCUT2D eigenvalue weighted by Gasteiger charge is 2.19.